The van der Waals surface area contributed by atoms with Crippen LogP contribution in [0.4, 0.5) is 0 Å². The van der Waals surface area contributed by atoms with Gasteiger partial charge in [-0.15, -0.1) is 6.58 Å². The maximum atomic E-state index is 12.8. The molecule has 2 aromatic carbocycles. The fraction of sp³-hybridized carbons (Fsp3) is 0.559. The van der Waals surface area contributed by atoms with Crippen molar-refractivity contribution in [1.29, 1.82) is 0 Å². The first-order chi connectivity index (χ1) is 19.6. The molecule has 0 bridgehead atoms. The Kier molecular flexibility index (Phi) is 12.4. The zero-order valence-corrected chi connectivity index (χ0v) is 25.8. The fourth-order valence-corrected chi connectivity index (χ4v) is 5.21. The Balaban J connectivity index is 1.75. The van der Waals surface area contributed by atoms with Gasteiger partial charge in [-0.2, -0.15) is 0 Å². The van der Waals surface area contributed by atoms with Crippen LogP contribution in [0.2, 0.25) is 0 Å². The van der Waals surface area contributed by atoms with Gasteiger partial charge in [0.25, 0.3) is 0 Å². The zero-order valence-electron chi connectivity index (χ0n) is 25.8. The summed E-state index contributed by atoms with van der Waals surface area (Å²) in [5, 5.41) is 0. The van der Waals surface area contributed by atoms with Crippen LogP contribution < -0.4 is 9.47 Å². The third-order valence-corrected chi connectivity index (χ3v) is 7.96. The van der Waals surface area contributed by atoms with Crippen LogP contribution in [-0.4, -0.2) is 50.7 Å². The van der Waals surface area contributed by atoms with E-state index in [1.807, 2.05) is 69.3 Å². The second-order valence-corrected chi connectivity index (χ2v) is 11.5. The number of allylic oxidation sites excluding steroid dienone is 1. The molecule has 1 saturated heterocycles. The number of carbonyl (C=O) groups is 1. The topological polar surface area (TPSA) is 72.5 Å². The Morgan fingerprint density at radius 1 is 0.902 bits per heavy atom. The monoisotopic (exact) mass is 568 g/mol. The molecule has 3 rings (SSSR count). The van der Waals surface area contributed by atoms with E-state index in [0.29, 0.717) is 26.2 Å². The minimum atomic E-state index is -0.830. The lowest BCUT2D eigenvalue weighted by atomic mass is 9.80. The molecule has 0 saturated carbocycles. The summed E-state index contributed by atoms with van der Waals surface area (Å²) >= 11 is 0. The molecule has 7 heteroatoms. The second-order valence-electron chi connectivity index (χ2n) is 11.5. The Hall–Kier alpha value is -2.71. The van der Waals surface area contributed by atoms with Crippen LogP contribution >= 0.6 is 0 Å². The number of methoxy groups -OCH3 is 2. The first-order valence-electron chi connectivity index (χ1n) is 14.5. The molecule has 2 aromatic rings. The van der Waals surface area contributed by atoms with Crippen LogP contribution in [0.25, 0.3) is 0 Å². The quantitative estimate of drug-likeness (QED) is 0.163. The van der Waals surface area contributed by atoms with E-state index in [0.717, 1.165) is 29.0 Å². The van der Waals surface area contributed by atoms with Crippen molar-refractivity contribution >= 4 is 5.78 Å². The molecule has 0 aromatic heterocycles. The average Bonchev–Trinajstić information content (AvgIpc) is 2.97. The van der Waals surface area contributed by atoms with E-state index in [4.69, 9.17) is 28.4 Å². The number of hydrogen-bond acceptors (Lipinski definition) is 7. The third kappa shape index (κ3) is 9.40. The first kappa shape index (κ1) is 32.8. The lowest BCUT2D eigenvalue weighted by Crippen LogP contribution is -2.60. The Morgan fingerprint density at radius 3 is 1.98 bits per heavy atom. The predicted molar refractivity (Wildman–Crippen MR) is 160 cm³/mol. The smallest absolute Gasteiger partial charge is 0.163 e. The van der Waals surface area contributed by atoms with Gasteiger partial charge in [0.05, 0.1) is 39.6 Å². The Morgan fingerprint density at radius 2 is 1.44 bits per heavy atom. The first-order valence-corrected chi connectivity index (χ1v) is 14.5. The Bertz CT molecular complexity index is 1080. The standard InChI is InChI=1S/C34H48O7/c1-9-10-30(35)24(3)25(4)32-33(39-22-27-13-17-29(37-8)18-14-27)31(40-34(5,6)41-32)23(2)19-20-38-21-26-11-15-28(36-7)16-12-26/h9,11-18,23-25,31-33H,1,10,19-22H2,2-8H3/t23-,24+,25+,31+,32-,33+/m1/s1. The van der Waals surface area contributed by atoms with Crippen molar-refractivity contribution in [1.82, 2.24) is 0 Å². The van der Waals surface area contributed by atoms with E-state index in [1.165, 1.54) is 0 Å². The maximum Gasteiger partial charge on any atom is 0.163 e. The molecule has 0 radical (unpaired) electrons. The molecule has 226 valence electrons. The second kappa shape index (κ2) is 15.5. The molecule has 41 heavy (non-hydrogen) atoms. The van der Waals surface area contributed by atoms with E-state index in [2.05, 4.69) is 20.4 Å². The maximum absolute atomic E-state index is 12.8. The average molecular weight is 569 g/mol. The molecule has 0 unspecified atom stereocenters. The normalized spacial score (nSPS) is 22.4. The van der Waals surface area contributed by atoms with Gasteiger partial charge in [0, 0.05) is 18.9 Å². The number of Topliss-reactive ketones (excluding diaryl/α,β-unsaturated/α-hetero) is 1. The molecule has 1 fully saturated rings. The largest absolute Gasteiger partial charge is 0.497 e. The predicted octanol–water partition coefficient (Wildman–Crippen LogP) is 6.77. The van der Waals surface area contributed by atoms with Crippen molar-refractivity contribution in [3.8, 4) is 11.5 Å². The lowest BCUT2D eigenvalue weighted by Gasteiger charge is -2.50. The highest BCUT2D eigenvalue weighted by atomic mass is 16.7. The SMILES string of the molecule is C=CCC(=O)[C@@H](C)[C@H](C)[C@H]1OC(C)(C)O[C@@H]([C@H](C)CCOCc2ccc(OC)cc2)[C@@H]1OCc1ccc(OC)cc1. The highest BCUT2D eigenvalue weighted by Gasteiger charge is 2.49. The van der Waals surface area contributed by atoms with Crippen LogP contribution in [-0.2, 0) is 37.0 Å². The van der Waals surface area contributed by atoms with E-state index in [1.54, 1.807) is 20.3 Å². The van der Waals surface area contributed by atoms with Crippen molar-refractivity contribution in [2.24, 2.45) is 17.8 Å². The van der Waals surface area contributed by atoms with Crippen molar-refractivity contribution in [3.63, 3.8) is 0 Å². The molecular formula is C34H48O7. The van der Waals surface area contributed by atoms with Gasteiger partial charge in [0.2, 0.25) is 0 Å². The van der Waals surface area contributed by atoms with Crippen molar-refractivity contribution in [3.05, 3.63) is 72.3 Å². The molecule has 0 aliphatic carbocycles. The summed E-state index contributed by atoms with van der Waals surface area (Å²) in [6.07, 6.45) is 1.81. The minimum absolute atomic E-state index is 0.0903. The molecule has 7 nitrogen and oxygen atoms in total. The molecule has 0 amide bonds. The zero-order chi connectivity index (χ0) is 30.0. The van der Waals surface area contributed by atoms with Crippen LogP contribution in [0.3, 0.4) is 0 Å². The number of benzene rings is 2. The van der Waals surface area contributed by atoms with Gasteiger partial charge in [-0.05, 0) is 67.5 Å². The van der Waals surface area contributed by atoms with Gasteiger partial charge >= 0.3 is 0 Å². The van der Waals surface area contributed by atoms with Gasteiger partial charge in [0.1, 0.15) is 23.4 Å². The molecular weight excluding hydrogens is 520 g/mol. The summed E-state index contributed by atoms with van der Waals surface area (Å²) in [4.78, 5) is 12.8. The number of ether oxygens (including phenoxy) is 6. The summed E-state index contributed by atoms with van der Waals surface area (Å²) in [7, 11) is 3.31. The summed E-state index contributed by atoms with van der Waals surface area (Å²) in [6.45, 7) is 15.3. The summed E-state index contributed by atoms with van der Waals surface area (Å²) in [5.74, 6) is 0.738. The molecule has 1 aliphatic rings. The van der Waals surface area contributed by atoms with Gasteiger partial charge < -0.3 is 28.4 Å². The summed E-state index contributed by atoms with van der Waals surface area (Å²) < 4.78 is 36.2. The molecule has 0 N–H and O–H groups in total. The lowest BCUT2D eigenvalue weighted by molar-refractivity contribution is -0.356. The highest BCUT2D eigenvalue weighted by Crippen LogP contribution is 2.39. The fourth-order valence-electron chi connectivity index (χ4n) is 5.21. The van der Waals surface area contributed by atoms with Gasteiger partial charge in [-0.25, -0.2) is 0 Å². The number of carbonyl (C=O) groups excluding carboxylic acids is 1. The number of hydrogen-bond donors (Lipinski definition) is 0. The molecule has 1 heterocycles. The van der Waals surface area contributed by atoms with E-state index in [-0.39, 0.29) is 41.8 Å². The van der Waals surface area contributed by atoms with E-state index in [9.17, 15) is 4.79 Å². The van der Waals surface area contributed by atoms with Gasteiger partial charge in [0.15, 0.2) is 5.79 Å². The molecule has 6 atom stereocenters. The van der Waals surface area contributed by atoms with Crippen molar-refractivity contribution in [2.75, 3.05) is 20.8 Å². The van der Waals surface area contributed by atoms with Crippen molar-refractivity contribution < 1.29 is 33.2 Å². The Labute approximate surface area is 246 Å². The van der Waals surface area contributed by atoms with Crippen molar-refractivity contribution in [2.45, 2.75) is 84.8 Å². The summed E-state index contributed by atoms with van der Waals surface area (Å²) in [6, 6.07) is 15.7. The summed E-state index contributed by atoms with van der Waals surface area (Å²) in [5.41, 5.74) is 2.11. The van der Waals surface area contributed by atoms with Gasteiger partial charge in [-0.3, -0.25) is 4.79 Å². The third-order valence-electron chi connectivity index (χ3n) is 7.96. The molecule has 1 aliphatic heterocycles. The highest BCUT2D eigenvalue weighted by molar-refractivity contribution is 5.82. The number of rotatable bonds is 16. The van der Waals surface area contributed by atoms with Crippen LogP contribution in [0.5, 0.6) is 11.5 Å². The van der Waals surface area contributed by atoms with Crippen LogP contribution in [0.1, 0.15) is 58.6 Å². The minimum Gasteiger partial charge on any atom is -0.497 e. The van der Waals surface area contributed by atoms with Crippen LogP contribution in [0, 0.1) is 17.8 Å². The molecule has 0 spiro atoms. The number of ketones is 1. The van der Waals surface area contributed by atoms with Gasteiger partial charge in [-0.1, -0.05) is 51.1 Å². The van der Waals surface area contributed by atoms with Crippen LogP contribution in [0.15, 0.2) is 61.2 Å². The van der Waals surface area contributed by atoms with E-state index < -0.39 is 5.79 Å². The van der Waals surface area contributed by atoms with E-state index >= 15 is 0 Å².